The number of aliphatic imine (C=N–C) groups is 1. The molecule has 4 N–H and O–H groups in total. The van der Waals surface area contributed by atoms with Crippen molar-refractivity contribution in [3.05, 3.63) is 54.1 Å². The normalized spacial score (nSPS) is 16.4. The number of primary amides is 1. The molecule has 154 valence electrons. The molecule has 0 aliphatic carbocycles. The van der Waals surface area contributed by atoms with Crippen molar-refractivity contribution in [1.29, 1.82) is 0 Å². The number of anilines is 1. The van der Waals surface area contributed by atoms with Gasteiger partial charge in [0.2, 0.25) is 11.1 Å². The van der Waals surface area contributed by atoms with Crippen LogP contribution in [0.2, 0.25) is 0 Å². The molecule has 1 aliphatic heterocycles. The fourth-order valence-corrected chi connectivity index (χ4v) is 3.81. The van der Waals surface area contributed by atoms with Gasteiger partial charge in [0, 0.05) is 31.9 Å². The molecule has 2 amide bonds. The first kappa shape index (κ1) is 20.8. The molecule has 0 aromatic heterocycles. The molecule has 1 saturated heterocycles. The summed E-state index contributed by atoms with van der Waals surface area (Å²) in [4.78, 5) is 19.3. The van der Waals surface area contributed by atoms with Gasteiger partial charge < -0.3 is 20.6 Å². The summed E-state index contributed by atoms with van der Waals surface area (Å²) < 4.78 is 17.9. The van der Waals surface area contributed by atoms with Crippen molar-refractivity contribution in [3.8, 4) is 5.75 Å². The highest BCUT2D eigenvalue weighted by Gasteiger charge is 2.18. The zero-order chi connectivity index (χ0) is 20.8. The number of amides is 2. The number of rotatable bonds is 6. The number of carbonyl (C=O) groups is 1. The summed E-state index contributed by atoms with van der Waals surface area (Å²) in [6.45, 7) is 5.64. The molecule has 9 heteroatoms. The van der Waals surface area contributed by atoms with Gasteiger partial charge in [0.15, 0.2) is 0 Å². The van der Waals surface area contributed by atoms with Gasteiger partial charge in [-0.15, -0.1) is 0 Å². The number of benzene rings is 2. The monoisotopic (exact) mass is 415 g/mol. The van der Waals surface area contributed by atoms with E-state index in [4.69, 9.17) is 15.7 Å². The van der Waals surface area contributed by atoms with Crippen molar-refractivity contribution < 1.29 is 13.2 Å². The van der Waals surface area contributed by atoms with E-state index in [1.54, 1.807) is 12.1 Å². The maximum atomic E-state index is 12.3. The van der Waals surface area contributed by atoms with E-state index in [-0.39, 0.29) is 5.84 Å². The van der Waals surface area contributed by atoms with Crippen LogP contribution in [0.25, 0.3) is 0 Å². The maximum absolute atomic E-state index is 12.3. The topological polar surface area (TPSA) is 114 Å². The minimum absolute atomic E-state index is 0.231. The van der Waals surface area contributed by atoms with Gasteiger partial charge >= 0.3 is 6.03 Å². The molecule has 8 nitrogen and oxygen atoms in total. The van der Waals surface area contributed by atoms with Crippen LogP contribution < -0.4 is 20.6 Å². The number of hydrogen-bond acceptors (Lipinski definition) is 5. The Balaban J connectivity index is 1.52. The Kier molecular flexibility index (Phi) is 6.84. The van der Waals surface area contributed by atoms with E-state index in [2.05, 4.69) is 14.8 Å². The van der Waals surface area contributed by atoms with Crippen LogP contribution in [0, 0.1) is 6.92 Å². The van der Waals surface area contributed by atoms with Crippen LogP contribution in [-0.4, -0.2) is 53.7 Å². The minimum atomic E-state index is -1.55. The molecule has 0 spiro atoms. The summed E-state index contributed by atoms with van der Waals surface area (Å²) in [5.74, 6) is 0.788. The summed E-state index contributed by atoms with van der Waals surface area (Å²) in [5.41, 5.74) is 12.9. The lowest BCUT2D eigenvalue weighted by Crippen LogP contribution is -2.49. The highest BCUT2D eigenvalue weighted by atomic mass is 32.2. The minimum Gasteiger partial charge on any atom is -0.397 e. The smallest absolute Gasteiger partial charge is 0.340 e. The molecule has 1 heterocycles. The van der Waals surface area contributed by atoms with E-state index in [0.29, 0.717) is 17.2 Å². The van der Waals surface area contributed by atoms with Crippen LogP contribution in [0.5, 0.6) is 5.75 Å². The van der Waals surface area contributed by atoms with Crippen molar-refractivity contribution in [1.82, 2.24) is 4.90 Å². The molecular formula is C20H25N5O3S. The average molecular weight is 416 g/mol. The van der Waals surface area contributed by atoms with Gasteiger partial charge in [-0.2, -0.15) is 4.99 Å². The van der Waals surface area contributed by atoms with Crippen LogP contribution in [0.4, 0.5) is 10.5 Å². The van der Waals surface area contributed by atoms with Gasteiger partial charge in [0.1, 0.15) is 11.6 Å². The van der Waals surface area contributed by atoms with E-state index in [9.17, 15) is 9.00 Å². The first-order valence-electron chi connectivity index (χ1n) is 9.27. The number of piperazine rings is 1. The van der Waals surface area contributed by atoms with Crippen LogP contribution in [0.15, 0.2) is 58.4 Å². The second kappa shape index (κ2) is 9.53. The molecule has 3 rings (SSSR count). The van der Waals surface area contributed by atoms with Crippen molar-refractivity contribution in [2.75, 3.05) is 37.6 Å². The van der Waals surface area contributed by atoms with E-state index >= 15 is 0 Å². The SMILES string of the molecule is Cc1ccc(S(=O)Oc2ccc(N3CCN(C/C(N)=N/C(N)=O)CC3)cc2)cc1. The summed E-state index contributed by atoms with van der Waals surface area (Å²) >= 11 is -1.55. The quantitative estimate of drug-likeness (QED) is 0.548. The van der Waals surface area contributed by atoms with Gasteiger partial charge in [0.05, 0.1) is 11.4 Å². The lowest BCUT2D eigenvalue weighted by atomic mass is 10.2. The van der Waals surface area contributed by atoms with Gasteiger partial charge in [-0.1, -0.05) is 17.7 Å². The third kappa shape index (κ3) is 6.03. The Bertz CT molecular complexity index is 891. The fraction of sp³-hybridized carbons (Fsp3) is 0.300. The Labute approximate surface area is 172 Å². The van der Waals surface area contributed by atoms with Gasteiger partial charge in [-0.25, -0.2) is 9.00 Å². The van der Waals surface area contributed by atoms with E-state index in [1.165, 1.54) is 0 Å². The molecule has 29 heavy (non-hydrogen) atoms. The molecule has 2 aromatic rings. The number of nitrogens with zero attached hydrogens (tertiary/aromatic N) is 3. The Hall–Kier alpha value is -2.91. The second-order valence-electron chi connectivity index (χ2n) is 6.83. The fourth-order valence-electron chi connectivity index (χ4n) is 3.07. The molecule has 2 aromatic carbocycles. The zero-order valence-corrected chi connectivity index (χ0v) is 17.1. The highest BCUT2D eigenvalue weighted by molar-refractivity contribution is 7.80. The molecule has 1 fully saturated rings. The molecule has 0 saturated carbocycles. The molecule has 1 aliphatic rings. The van der Waals surface area contributed by atoms with Crippen molar-refractivity contribution in [2.24, 2.45) is 16.5 Å². The number of nitrogens with two attached hydrogens (primary N) is 2. The second-order valence-corrected chi connectivity index (χ2v) is 7.94. The predicted molar refractivity (Wildman–Crippen MR) is 115 cm³/mol. The summed E-state index contributed by atoms with van der Waals surface area (Å²) in [7, 11) is 0. The maximum Gasteiger partial charge on any atom is 0.340 e. The first-order chi connectivity index (χ1) is 13.9. The lowest BCUT2D eigenvalue weighted by Gasteiger charge is -2.35. The first-order valence-corrected chi connectivity index (χ1v) is 10.3. The van der Waals surface area contributed by atoms with Crippen molar-refractivity contribution >= 4 is 28.6 Å². The largest absolute Gasteiger partial charge is 0.397 e. The summed E-state index contributed by atoms with van der Waals surface area (Å²) in [6, 6.07) is 14.2. The standard InChI is InChI=1S/C20H25N5O3S/c1-15-2-8-18(9-3-15)29(27)28-17-6-4-16(5-7-17)25-12-10-24(11-13-25)14-19(21)23-20(22)26/h2-9H,10-14H2,1H3,(H4,21,22,23,26). The highest BCUT2D eigenvalue weighted by Crippen LogP contribution is 2.22. The third-order valence-corrected chi connectivity index (χ3v) is 5.60. The van der Waals surface area contributed by atoms with Gasteiger partial charge in [0.25, 0.3) is 0 Å². The van der Waals surface area contributed by atoms with Crippen molar-refractivity contribution in [2.45, 2.75) is 11.8 Å². The number of carbonyl (C=O) groups excluding carboxylic acids is 1. The Morgan fingerprint density at radius 3 is 2.24 bits per heavy atom. The molecule has 1 unspecified atom stereocenters. The third-order valence-electron chi connectivity index (χ3n) is 4.60. The van der Waals surface area contributed by atoms with Crippen LogP contribution >= 0.6 is 0 Å². The van der Waals surface area contributed by atoms with E-state index in [1.807, 2.05) is 43.3 Å². The number of urea groups is 1. The molecular weight excluding hydrogens is 390 g/mol. The van der Waals surface area contributed by atoms with E-state index < -0.39 is 17.1 Å². The van der Waals surface area contributed by atoms with Crippen LogP contribution in [-0.2, 0) is 11.1 Å². The zero-order valence-electron chi connectivity index (χ0n) is 16.3. The summed E-state index contributed by atoms with van der Waals surface area (Å²) in [5, 5.41) is 0. The molecule has 0 radical (unpaired) electrons. The van der Waals surface area contributed by atoms with Gasteiger partial charge in [-0.05, 0) is 43.3 Å². The van der Waals surface area contributed by atoms with Crippen LogP contribution in [0.3, 0.4) is 0 Å². The Morgan fingerprint density at radius 2 is 1.66 bits per heavy atom. The lowest BCUT2D eigenvalue weighted by molar-refractivity contribution is 0.256. The van der Waals surface area contributed by atoms with Crippen LogP contribution in [0.1, 0.15) is 5.56 Å². The van der Waals surface area contributed by atoms with Crippen molar-refractivity contribution in [3.63, 3.8) is 0 Å². The Morgan fingerprint density at radius 1 is 1.03 bits per heavy atom. The number of aryl methyl sites for hydroxylation is 1. The predicted octanol–water partition coefficient (Wildman–Crippen LogP) is 1.65. The molecule has 0 bridgehead atoms. The number of amidine groups is 1. The van der Waals surface area contributed by atoms with Gasteiger partial charge in [-0.3, -0.25) is 4.90 Å². The summed E-state index contributed by atoms with van der Waals surface area (Å²) in [6.07, 6.45) is 0. The van der Waals surface area contributed by atoms with E-state index in [0.717, 1.165) is 37.4 Å². The molecule has 1 atom stereocenters. The average Bonchev–Trinajstić information content (AvgIpc) is 2.69. The number of hydrogen-bond donors (Lipinski definition) is 2.